The Morgan fingerprint density at radius 2 is 1.77 bits per heavy atom. The lowest BCUT2D eigenvalue weighted by Crippen LogP contribution is -2.38. The Morgan fingerprint density at radius 1 is 1.03 bits per heavy atom. The van der Waals surface area contributed by atoms with Gasteiger partial charge in [-0.05, 0) is 42.3 Å². The van der Waals surface area contributed by atoms with Gasteiger partial charge in [0.2, 0.25) is 17.6 Å². The van der Waals surface area contributed by atoms with Crippen molar-refractivity contribution in [2.75, 3.05) is 17.3 Å². The number of nitrogens with one attached hydrogen (secondary N) is 1. The predicted octanol–water partition coefficient (Wildman–Crippen LogP) is 3.91. The van der Waals surface area contributed by atoms with Gasteiger partial charge in [-0.25, -0.2) is 4.98 Å². The molecule has 0 atom stereocenters. The van der Waals surface area contributed by atoms with Gasteiger partial charge in [-0.1, -0.05) is 42.5 Å². The van der Waals surface area contributed by atoms with E-state index in [-0.39, 0.29) is 24.8 Å². The number of carbonyl (C=O) groups excluding carboxylic acids is 2. The summed E-state index contributed by atoms with van der Waals surface area (Å²) in [5, 5.41) is 2.80. The predicted molar refractivity (Wildman–Crippen MR) is 136 cm³/mol. The summed E-state index contributed by atoms with van der Waals surface area (Å²) in [7, 11) is 1.54. The van der Waals surface area contributed by atoms with Gasteiger partial charge >= 0.3 is 0 Å². The van der Waals surface area contributed by atoms with Gasteiger partial charge in [0, 0.05) is 18.7 Å². The van der Waals surface area contributed by atoms with E-state index in [1.165, 1.54) is 16.4 Å². The summed E-state index contributed by atoms with van der Waals surface area (Å²) in [6, 6.07) is 21.7. The minimum absolute atomic E-state index is 0.0198. The van der Waals surface area contributed by atoms with Crippen LogP contribution in [0.1, 0.15) is 18.1 Å². The van der Waals surface area contributed by atoms with Crippen molar-refractivity contribution in [1.82, 2.24) is 9.55 Å². The van der Waals surface area contributed by atoms with Crippen molar-refractivity contribution in [3.63, 3.8) is 0 Å². The van der Waals surface area contributed by atoms with E-state index in [9.17, 15) is 14.4 Å². The van der Waals surface area contributed by atoms with Gasteiger partial charge in [-0.3, -0.25) is 23.9 Å². The number of hydrogen-bond donors (Lipinski definition) is 1. The molecule has 8 heteroatoms. The minimum atomic E-state index is -0.520. The van der Waals surface area contributed by atoms with Gasteiger partial charge in [0.1, 0.15) is 12.3 Å². The van der Waals surface area contributed by atoms with Gasteiger partial charge in [-0.2, -0.15) is 0 Å². The quantitative estimate of drug-likeness (QED) is 0.442. The standard InChI is InChI=1S/C27H26N4O4/c1-18-9-4-5-10-20(18)16-30(19(2)32)26-27(34)31(24-14-7-6-13-23(24)29-26)17-25(33)28-21-11-8-12-22(15-21)35-3/h4-15H,16-17H2,1-3H3,(H,28,33). The molecular formula is C27H26N4O4. The summed E-state index contributed by atoms with van der Waals surface area (Å²) in [6.07, 6.45) is 0. The van der Waals surface area contributed by atoms with Gasteiger partial charge in [0.15, 0.2) is 0 Å². The summed E-state index contributed by atoms with van der Waals surface area (Å²) >= 11 is 0. The molecule has 1 aromatic heterocycles. The maximum atomic E-state index is 13.6. The Bertz CT molecular complexity index is 1460. The Labute approximate surface area is 202 Å². The zero-order chi connectivity index (χ0) is 24.9. The van der Waals surface area contributed by atoms with Gasteiger partial charge in [0.25, 0.3) is 5.56 Å². The highest BCUT2D eigenvalue weighted by molar-refractivity contribution is 5.93. The van der Waals surface area contributed by atoms with E-state index in [1.54, 1.807) is 55.6 Å². The van der Waals surface area contributed by atoms with E-state index < -0.39 is 11.5 Å². The molecule has 0 saturated carbocycles. The fourth-order valence-electron chi connectivity index (χ4n) is 3.85. The Hall–Kier alpha value is -4.46. The lowest BCUT2D eigenvalue weighted by atomic mass is 10.1. The molecule has 0 unspecified atom stereocenters. The van der Waals surface area contributed by atoms with Gasteiger partial charge in [0.05, 0.1) is 24.7 Å². The highest BCUT2D eigenvalue weighted by atomic mass is 16.5. The molecule has 4 aromatic rings. The number of benzene rings is 3. The lowest BCUT2D eigenvalue weighted by molar-refractivity contribution is -0.117. The second kappa shape index (κ2) is 10.2. The van der Waals surface area contributed by atoms with Crippen LogP contribution in [0, 0.1) is 6.92 Å². The van der Waals surface area contributed by atoms with Crippen LogP contribution in [0.25, 0.3) is 11.0 Å². The van der Waals surface area contributed by atoms with Crippen LogP contribution in [0.5, 0.6) is 5.75 Å². The molecule has 0 radical (unpaired) electrons. The molecule has 4 rings (SSSR count). The summed E-state index contributed by atoms with van der Waals surface area (Å²) < 4.78 is 6.55. The zero-order valence-corrected chi connectivity index (χ0v) is 19.8. The first-order chi connectivity index (χ1) is 16.9. The minimum Gasteiger partial charge on any atom is -0.497 e. The SMILES string of the molecule is COc1cccc(NC(=O)Cn2c(=O)c(N(Cc3ccccc3C)C(C)=O)nc3ccccc32)c1. The number of fused-ring (bicyclic) bond motifs is 1. The van der Waals surface area contributed by atoms with E-state index in [0.717, 1.165) is 11.1 Å². The molecule has 8 nitrogen and oxygen atoms in total. The Balaban J connectivity index is 1.74. The summed E-state index contributed by atoms with van der Waals surface area (Å²) in [5.41, 5.74) is 2.94. The van der Waals surface area contributed by atoms with Crippen molar-refractivity contribution < 1.29 is 14.3 Å². The van der Waals surface area contributed by atoms with Crippen molar-refractivity contribution in [3.05, 3.63) is 94.3 Å². The van der Waals surface area contributed by atoms with Crippen LogP contribution in [0.3, 0.4) is 0 Å². The lowest BCUT2D eigenvalue weighted by Gasteiger charge is -2.22. The van der Waals surface area contributed by atoms with Crippen molar-refractivity contribution in [3.8, 4) is 5.75 Å². The number of aryl methyl sites for hydroxylation is 1. The van der Waals surface area contributed by atoms with E-state index in [4.69, 9.17) is 4.74 Å². The van der Waals surface area contributed by atoms with Crippen LogP contribution in [0.2, 0.25) is 0 Å². The van der Waals surface area contributed by atoms with Crippen LogP contribution in [-0.4, -0.2) is 28.5 Å². The first-order valence-corrected chi connectivity index (χ1v) is 11.1. The second-order valence-corrected chi connectivity index (χ2v) is 8.13. The van der Waals surface area contributed by atoms with E-state index >= 15 is 0 Å². The molecule has 0 bridgehead atoms. The van der Waals surface area contributed by atoms with Crippen molar-refractivity contribution in [2.45, 2.75) is 26.9 Å². The number of nitrogens with zero attached hydrogens (tertiary/aromatic N) is 3. The number of rotatable bonds is 7. The van der Waals surface area contributed by atoms with Crippen molar-refractivity contribution >= 4 is 34.4 Å². The first-order valence-electron chi connectivity index (χ1n) is 11.1. The first kappa shape index (κ1) is 23.7. The molecule has 0 aliphatic rings. The van der Waals surface area contributed by atoms with Crippen molar-refractivity contribution in [1.29, 1.82) is 0 Å². The molecule has 0 aliphatic carbocycles. The topological polar surface area (TPSA) is 93.5 Å². The maximum Gasteiger partial charge on any atom is 0.294 e. The van der Waals surface area contributed by atoms with E-state index in [2.05, 4.69) is 10.3 Å². The number of aromatic nitrogens is 2. The highest BCUT2D eigenvalue weighted by Gasteiger charge is 2.22. The second-order valence-electron chi connectivity index (χ2n) is 8.13. The van der Waals surface area contributed by atoms with Gasteiger partial charge in [-0.15, -0.1) is 0 Å². The fourth-order valence-corrected chi connectivity index (χ4v) is 3.85. The van der Waals surface area contributed by atoms with Crippen LogP contribution in [-0.2, 0) is 22.7 Å². The van der Waals surface area contributed by atoms with E-state index in [1.807, 2.05) is 31.2 Å². The maximum absolute atomic E-state index is 13.6. The van der Waals surface area contributed by atoms with Crippen LogP contribution in [0.15, 0.2) is 77.6 Å². The third-order valence-corrected chi connectivity index (χ3v) is 5.72. The molecule has 1 heterocycles. The third kappa shape index (κ3) is 5.22. The van der Waals surface area contributed by atoms with E-state index in [0.29, 0.717) is 22.5 Å². The normalized spacial score (nSPS) is 10.7. The molecule has 0 saturated heterocycles. The van der Waals surface area contributed by atoms with Crippen molar-refractivity contribution in [2.24, 2.45) is 0 Å². The Kier molecular flexibility index (Phi) is 6.91. The smallest absolute Gasteiger partial charge is 0.294 e. The number of methoxy groups -OCH3 is 1. The molecule has 0 fully saturated rings. The highest BCUT2D eigenvalue weighted by Crippen LogP contribution is 2.20. The number of anilines is 2. The molecule has 3 aromatic carbocycles. The molecular weight excluding hydrogens is 444 g/mol. The Morgan fingerprint density at radius 3 is 2.51 bits per heavy atom. The molecule has 2 amide bonds. The monoisotopic (exact) mass is 470 g/mol. The molecule has 0 spiro atoms. The summed E-state index contributed by atoms with van der Waals surface area (Å²) in [5.74, 6) is -0.130. The fraction of sp³-hybridized carbons (Fsp3) is 0.185. The van der Waals surface area contributed by atoms with Crippen LogP contribution < -0.4 is 20.5 Å². The average molecular weight is 471 g/mol. The molecule has 1 N–H and O–H groups in total. The molecule has 178 valence electrons. The van der Waals surface area contributed by atoms with Crippen LogP contribution in [0.4, 0.5) is 11.5 Å². The third-order valence-electron chi connectivity index (χ3n) is 5.72. The summed E-state index contributed by atoms with van der Waals surface area (Å²) in [6.45, 7) is 3.29. The summed E-state index contributed by atoms with van der Waals surface area (Å²) in [4.78, 5) is 45.0. The average Bonchev–Trinajstić information content (AvgIpc) is 2.85. The number of carbonyl (C=O) groups is 2. The number of amides is 2. The number of ether oxygens (including phenoxy) is 1. The molecule has 35 heavy (non-hydrogen) atoms. The number of hydrogen-bond acceptors (Lipinski definition) is 5. The van der Waals surface area contributed by atoms with Gasteiger partial charge < -0.3 is 10.1 Å². The largest absolute Gasteiger partial charge is 0.497 e. The molecule has 0 aliphatic heterocycles. The zero-order valence-electron chi connectivity index (χ0n) is 19.8. The van der Waals surface area contributed by atoms with Crippen LogP contribution >= 0.6 is 0 Å². The number of para-hydroxylation sites is 2.